The van der Waals surface area contributed by atoms with E-state index in [2.05, 4.69) is 10.5 Å². The number of carbonyl (C=O) groups excluding carboxylic acids is 2. The zero-order valence-electron chi connectivity index (χ0n) is 14.7. The number of hydrogen-bond donors (Lipinski definition) is 1. The zero-order valence-corrected chi connectivity index (χ0v) is 15.5. The number of carbonyl (C=O) groups is 2. The minimum Gasteiger partial charge on any atom is -0.312 e. The summed E-state index contributed by atoms with van der Waals surface area (Å²) in [6, 6.07) is 13.0. The number of rotatable bonds is 4. The van der Waals surface area contributed by atoms with E-state index in [9.17, 15) is 9.59 Å². The predicted molar refractivity (Wildman–Crippen MR) is 104 cm³/mol. The Morgan fingerprint density at radius 2 is 1.92 bits per heavy atom. The van der Waals surface area contributed by atoms with Crippen molar-refractivity contribution in [3.63, 3.8) is 0 Å². The Balaban J connectivity index is 1.61. The average molecular weight is 370 g/mol. The Bertz CT molecular complexity index is 862. The standard InChI is InChI=1S/C20H20ClN3O2/c1-13-3-8-18(9-14(13)2)24-12-16(10-19(24)25)20(26)23-22-11-15-4-6-17(21)7-5-15/h3-9,11,16H,10,12H2,1-2H3,(H,23,26)/b22-11-/t16-/m0/s1. The van der Waals surface area contributed by atoms with Crippen LogP contribution < -0.4 is 10.3 Å². The van der Waals surface area contributed by atoms with Crippen molar-refractivity contribution in [1.82, 2.24) is 5.43 Å². The molecule has 2 aromatic rings. The van der Waals surface area contributed by atoms with Crippen molar-refractivity contribution in [1.29, 1.82) is 0 Å². The van der Waals surface area contributed by atoms with Crippen molar-refractivity contribution in [2.24, 2.45) is 11.0 Å². The third-order valence-electron chi connectivity index (χ3n) is 4.56. The number of anilines is 1. The molecule has 2 amide bonds. The fourth-order valence-corrected chi connectivity index (χ4v) is 2.96. The minimum atomic E-state index is -0.411. The lowest BCUT2D eigenvalue weighted by molar-refractivity contribution is -0.126. The van der Waals surface area contributed by atoms with E-state index in [1.54, 1.807) is 35.4 Å². The largest absolute Gasteiger partial charge is 0.312 e. The Kier molecular flexibility index (Phi) is 5.38. The second-order valence-corrected chi connectivity index (χ2v) is 6.90. The van der Waals surface area contributed by atoms with Crippen LogP contribution in [0.15, 0.2) is 47.6 Å². The van der Waals surface area contributed by atoms with Crippen LogP contribution >= 0.6 is 11.6 Å². The van der Waals surface area contributed by atoms with Crippen LogP contribution in [0.5, 0.6) is 0 Å². The molecule has 3 rings (SSSR count). The van der Waals surface area contributed by atoms with Gasteiger partial charge in [-0.1, -0.05) is 29.8 Å². The lowest BCUT2D eigenvalue weighted by Crippen LogP contribution is -2.30. The van der Waals surface area contributed by atoms with Gasteiger partial charge in [-0.25, -0.2) is 5.43 Å². The molecule has 6 heteroatoms. The molecule has 2 aromatic carbocycles. The predicted octanol–water partition coefficient (Wildman–Crippen LogP) is 3.46. The number of benzene rings is 2. The third kappa shape index (κ3) is 4.11. The molecule has 1 heterocycles. The summed E-state index contributed by atoms with van der Waals surface area (Å²) in [4.78, 5) is 26.3. The Morgan fingerprint density at radius 1 is 1.19 bits per heavy atom. The van der Waals surface area contributed by atoms with E-state index >= 15 is 0 Å². The van der Waals surface area contributed by atoms with Crippen LogP contribution in [-0.2, 0) is 9.59 Å². The van der Waals surface area contributed by atoms with Crippen LogP contribution in [0.2, 0.25) is 5.02 Å². The van der Waals surface area contributed by atoms with E-state index in [0.717, 1.165) is 16.8 Å². The SMILES string of the molecule is Cc1ccc(N2C[C@@H](C(=O)N/N=C\c3ccc(Cl)cc3)CC2=O)cc1C. The second kappa shape index (κ2) is 7.70. The van der Waals surface area contributed by atoms with Gasteiger partial charge >= 0.3 is 0 Å². The van der Waals surface area contributed by atoms with Gasteiger partial charge in [0, 0.05) is 23.7 Å². The summed E-state index contributed by atoms with van der Waals surface area (Å²) in [5.41, 5.74) is 6.47. The van der Waals surface area contributed by atoms with Crippen molar-refractivity contribution < 1.29 is 9.59 Å². The number of aryl methyl sites for hydroxylation is 2. The smallest absolute Gasteiger partial charge is 0.245 e. The van der Waals surface area contributed by atoms with Gasteiger partial charge in [-0.15, -0.1) is 0 Å². The summed E-state index contributed by atoms with van der Waals surface area (Å²) < 4.78 is 0. The number of nitrogens with one attached hydrogen (secondary N) is 1. The van der Waals surface area contributed by atoms with E-state index in [1.807, 2.05) is 32.0 Å². The van der Waals surface area contributed by atoms with Crippen molar-refractivity contribution >= 4 is 35.3 Å². The van der Waals surface area contributed by atoms with Gasteiger partial charge in [-0.05, 0) is 54.8 Å². The minimum absolute atomic E-state index is 0.0462. The molecule has 26 heavy (non-hydrogen) atoms. The number of amides is 2. The molecular weight excluding hydrogens is 350 g/mol. The van der Waals surface area contributed by atoms with Gasteiger partial charge in [0.25, 0.3) is 0 Å². The third-order valence-corrected chi connectivity index (χ3v) is 4.81. The molecule has 134 valence electrons. The van der Waals surface area contributed by atoms with Crippen LogP contribution in [0, 0.1) is 19.8 Å². The lowest BCUT2D eigenvalue weighted by atomic mass is 10.1. The maximum absolute atomic E-state index is 12.3. The topological polar surface area (TPSA) is 61.8 Å². The summed E-state index contributed by atoms with van der Waals surface area (Å²) in [6.45, 7) is 4.40. The van der Waals surface area contributed by atoms with Crippen LogP contribution in [0.4, 0.5) is 5.69 Å². The number of nitrogens with zero attached hydrogens (tertiary/aromatic N) is 2. The fraction of sp³-hybridized carbons (Fsp3) is 0.250. The first-order valence-electron chi connectivity index (χ1n) is 8.40. The Labute approximate surface area is 157 Å². The van der Waals surface area contributed by atoms with Crippen molar-refractivity contribution in [2.75, 3.05) is 11.4 Å². The van der Waals surface area contributed by atoms with Crippen LogP contribution in [0.25, 0.3) is 0 Å². The Hall–Kier alpha value is -2.66. The Morgan fingerprint density at radius 3 is 2.62 bits per heavy atom. The van der Waals surface area contributed by atoms with Crippen molar-refractivity contribution in [2.45, 2.75) is 20.3 Å². The molecule has 0 aliphatic carbocycles. The highest BCUT2D eigenvalue weighted by Crippen LogP contribution is 2.26. The van der Waals surface area contributed by atoms with E-state index in [-0.39, 0.29) is 18.2 Å². The molecule has 1 atom stereocenters. The van der Waals surface area contributed by atoms with Gasteiger partial charge in [-0.3, -0.25) is 9.59 Å². The quantitative estimate of drug-likeness (QED) is 0.662. The molecule has 1 N–H and O–H groups in total. The van der Waals surface area contributed by atoms with Crippen LogP contribution in [0.1, 0.15) is 23.1 Å². The van der Waals surface area contributed by atoms with E-state index in [0.29, 0.717) is 11.6 Å². The van der Waals surface area contributed by atoms with Crippen molar-refractivity contribution in [3.05, 3.63) is 64.2 Å². The van der Waals surface area contributed by atoms with E-state index < -0.39 is 5.92 Å². The molecule has 1 aliphatic heterocycles. The van der Waals surface area contributed by atoms with E-state index in [1.165, 1.54) is 5.56 Å². The molecule has 1 fully saturated rings. The maximum Gasteiger partial charge on any atom is 0.245 e. The first-order valence-corrected chi connectivity index (χ1v) is 8.78. The molecular formula is C20H20ClN3O2. The highest BCUT2D eigenvalue weighted by Gasteiger charge is 2.35. The van der Waals surface area contributed by atoms with Gasteiger partial charge in [0.15, 0.2) is 0 Å². The molecule has 5 nitrogen and oxygen atoms in total. The first-order chi connectivity index (χ1) is 12.4. The molecule has 0 bridgehead atoms. The highest BCUT2D eigenvalue weighted by atomic mass is 35.5. The lowest BCUT2D eigenvalue weighted by Gasteiger charge is -2.17. The van der Waals surface area contributed by atoms with Gasteiger partial charge < -0.3 is 4.90 Å². The summed E-state index contributed by atoms with van der Waals surface area (Å²) in [6.07, 6.45) is 1.74. The summed E-state index contributed by atoms with van der Waals surface area (Å²) >= 11 is 5.83. The van der Waals surface area contributed by atoms with Gasteiger partial charge in [-0.2, -0.15) is 5.10 Å². The highest BCUT2D eigenvalue weighted by molar-refractivity contribution is 6.30. The first kappa shape index (κ1) is 18.1. The fourth-order valence-electron chi connectivity index (χ4n) is 2.84. The van der Waals surface area contributed by atoms with Gasteiger partial charge in [0.2, 0.25) is 11.8 Å². The van der Waals surface area contributed by atoms with E-state index in [4.69, 9.17) is 11.6 Å². The zero-order chi connectivity index (χ0) is 18.7. The summed E-state index contributed by atoms with van der Waals surface area (Å²) in [5.74, 6) is -0.712. The molecule has 0 unspecified atom stereocenters. The monoisotopic (exact) mass is 369 g/mol. The molecule has 1 saturated heterocycles. The van der Waals surface area contributed by atoms with Crippen LogP contribution in [-0.4, -0.2) is 24.6 Å². The maximum atomic E-state index is 12.3. The molecule has 0 aromatic heterocycles. The van der Waals surface area contributed by atoms with Gasteiger partial charge in [0.1, 0.15) is 0 Å². The summed E-state index contributed by atoms with van der Waals surface area (Å²) in [7, 11) is 0. The number of hydrogen-bond acceptors (Lipinski definition) is 3. The second-order valence-electron chi connectivity index (χ2n) is 6.46. The number of hydrazone groups is 1. The van der Waals surface area contributed by atoms with Crippen molar-refractivity contribution in [3.8, 4) is 0 Å². The van der Waals surface area contributed by atoms with Crippen LogP contribution in [0.3, 0.4) is 0 Å². The molecule has 1 aliphatic rings. The normalized spacial score (nSPS) is 17.1. The van der Waals surface area contributed by atoms with Gasteiger partial charge in [0.05, 0.1) is 12.1 Å². The summed E-state index contributed by atoms with van der Waals surface area (Å²) in [5, 5.41) is 4.61. The molecule has 0 radical (unpaired) electrons. The average Bonchev–Trinajstić information content (AvgIpc) is 3.01. The molecule has 0 saturated carbocycles. The number of halogens is 1. The molecule has 0 spiro atoms.